The van der Waals surface area contributed by atoms with Crippen LogP contribution in [0.2, 0.25) is 0 Å². The van der Waals surface area contributed by atoms with Gasteiger partial charge in [-0.3, -0.25) is 4.79 Å². The van der Waals surface area contributed by atoms with E-state index in [0.717, 1.165) is 25.1 Å². The Labute approximate surface area is 104 Å². The highest BCUT2D eigenvalue weighted by Crippen LogP contribution is 2.01. The first-order valence-corrected chi connectivity index (χ1v) is 6.40. The van der Waals surface area contributed by atoms with Gasteiger partial charge in [-0.1, -0.05) is 12.1 Å². The minimum absolute atomic E-state index is 0.251. The number of thiophene rings is 1. The summed E-state index contributed by atoms with van der Waals surface area (Å²) >= 11 is 1.71. The number of aliphatic carboxylic acids is 1. The van der Waals surface area contributed by atoms with Crippen molar-refractivity contribution in [2.75, 3.05) is 0 Å². The molecule has 5 heteroatoms. The van der Waals surface area contributed by atoms with E-state index in [-0.39, 0.29) is 6.42 Å². The van der Waals surface area contributed by atoms with Crippen LogP contribution < -0.4 is 0 Å². The van der Waals surface area contributed by atoms with Crippen LogP contribution in [0, 0.1) is 0 Å². The first-order valence-electron chi connectivity index (χ1n) is 5.46. The number of unbranched alkanes of at least 4 members (excludes halogenated alkanes) is 1. The summed E-state index contributed by atoms with van der Waals surface area (Å²) in [5.74, 6) is 0.204. The molecule has 17 heavy (non-hydrogen) atoms. The number of nitrogens with one attached hydrogen (secondary N) is 1. The summed E-state index contributed by atoms with van der Waals surface area (Å²) in [7, 11) is 0. The van der Waals surface area contributed by atoms with Crippen molar-refractivity contribution in [1.82, 2.24) is 9.97 Å². The highest BCUT2D eigenvalue weighted by atomic mass is 32.1. The number of carbonyl (C=O) groups is 1. The molecule has 2 N–H and O–H groups in total. The topological polar surface area (TPSA) is 66.0 Å². The minimum Gasteiger partial charge on any atom is -0.481 e. The van der Waals surface area contributed by atoms with Crippen molar-refractivity contribution < 1.29 is 9.90 Å². The molecule has 0 amide bonds. The summed E-state index contributed by atoms with van der Waals surface area (Å²) in [6, 6.07) is 4.04. The van der Waals surface area contributed by atoms with E-state index in [9.17, 15) is 4.79 Å². The highest BCUT2D eigenvalue weighted by Gasteiger charge is 1.98. The van der Waals surface area contributed by atoms with Gasteiger partial charge in [0.15, 0.2) is 0 Å². The van der Waals surface area contributed by atoms with Crippen LogP contribution in [0.5, 0.6) is 0 Å². The van der Waals surface area contributed by atoms with Gasteiger partial charge in [-0.25, -0.2) is 4.98 Å². The van der Waals surface area contributed by atoms with Crippen molar-refractivity contribution in [3.8, 4) is 0 Å². The van der Waals surface area contributed by atoms with Crippen molar-refractivity contribution in [3.63, 3.8) is 0 Å². The molecular formula is C12H16N2O2S. The fourth-order valence-corrected chi connectivity index (χ4v) is 1.68. The van der Waals surface area contributed by atoms with Gasteiger partial charge in [0.2, 0.25) is 0 Å². The number of nitrogens with zero attached hydrogens (tertiary/aromatic N) is 1. The summed E-state index contributed by atoms with van der Waals surface area (Å²) in [4.78, 5) is 17.1. The second-order valence-corrected chi connectivity index (χ2v) is 4.25. The van der Waals surface area contributed by atoms with Gasteiger partial charge >= 0.3 is 5.97 Å². The number of carboxylic acid groups (broad SMARTS) is 1. The molecule has 2 heterocycles. The molecule has 2 rings (SSSR count). The lowest BCUT2D eigenvalue weighted by atomic mass is 10.2. The molecule has 0 aliphatic rings. The summed E-state index contributed by atoms with van der Waals surface area (Å²) in [5.41, 5.74) is 0. The maximum atomic E-state index is 10.1. The molecule has 2 aromatic rings. The monoisotopic (exact) mass is 252 g/mol. The Morgan fingerprint density at radius 2 is 2.12 bits per heavy atom. The molecule has 0 bridgehead atoms. The first kappa shape index (κ1) is 13.4. The number of hydrogen-bond acceptors (Lipinski definition) is 3. The van der Waals surface area contributed by atoms with Crippen LogP contribution in [0.15, 0.2) is 35.3 Å². The van der Waals surface area contributed by atoms with Gasteiger partial charge in [-0.2, -0.15) is 11.3 Å². The molecule has 0 atom stereocenters. The predicted molar refractivity (Wildman–Crippen MR) is 68.1 cm³/mol. The fourth-order valence-electron chi connectivity index (χ4n) is 1.23. The lowest BCUT2D eigenvalue weighted by Crippen LogP contribution is -1.95. The molecule has 0 aromatic carbocycles. The molecule has 0 saturated heterocycles. The number of H-pyrrole nitrogens is 1. The summed E-state index contributed by atoms with van der Waals surface area (Å²) < 4.78 is 0. The van der Waals surface area contributed by atoms with Gasteiger partial charge in [0.05, 0.1) is 0 Å². The van der Waals surface area contributed by atoms with Gasteiger partial charge < -0.3 is 10.1 Å². The highest BCUT2D eigenvalue weighted by molar-refractivity contribution is 7.07. The first-order chi connectivity index (χ1) is 8.29. The molecule has 0 spiro atoms. The van der Waals surface area contributed by atoms with Gasteiger partial charge in [0.25, 0.3) is 0 Å². The van der Waals surface area contributed by atoms with Crippen LogP contribution in [0.3, 0.4) is 0 Å². The molecule has 0 fully saturated rings. The lowest BCUT2D eigenvalue weighted by molar-refractivity contribution is -0.137. The average molecular weight is 252 g/mol. The zero-order valence-corrected chi connectivity index (χ0v) is 10.3. The SMILES string of the molecule is O=C(O)CCCCc1ncc[nH]1.c1ccsc1. The van der Waals surface area contributed by atoms with Crippen LogP contribution >= 0.6 is 11.3 Å². The molecule has 0 saturated carbocycles. The third kappa shape index (κ3) is 7.30. The van der Waals surface area contributed by atoms with Crippen molar-refractivity contribution in [2.24, 2.45) is 0 Å². The van der Waals surface area contributed by atoms with Crippen LogP contribution in [-0.2, 0) is 11.2 Å². The number of hydrogen-bond donors (Lipinski definition) is 2. The molecule has 4 nitrogen and oxygen atoms in total. The second kappa shape index (κ2) is 8.52. The summed E-state index contributed by atoms with van der Waals surface area (Å²) in [5, 5.41) is 12.4. The third-order valence-electron chi connectivity index (χ3n) is 2.03. The Morgan fingerprint density at radius 1 is 1.35 bits per heavy atom. The molecular weight excluding hydrogens is 236 g/mol. The number of rotatable bonds is 5. The number of imidazole rings is 1. The number of aryl methyl sites for hydroxylation is 1. The van der Waals surface area contributed by atoms with E-state index in [1.165, 1.54) is 0 Å². The van der Waals surface area contributed by atoms with E-state index in [4.69, 9.17) is 5.11 Å². The molecule has 92 valence electrons. The fraction of sp³-hybridized carbons (Fsp3) is 0.333. The summed E-state index contributed by atoms with van der Waals surface area (Å²) in [6.45, 7) is 0. The van der Waals surface area contributed by atoms with Gasteiger partial charge in [-0.15, -0.1) is 0 Å². The van der Waals surface area contributed by atoms with Crippen LogP contribution in [0.25, 0.3) is 0 Å². The van der Waals surface area contributed by atoms with Crippen molar-refractivity contribution in [1.29, 1.82) is 0 Å². The molecule has 0 unspecified atom stereocenters. The Balaban J connectivity index is 0.000000239. The van der Waals surface area contributed by atoms with Crippen LogP contribution in [-0.4, -0.2) is 21.0 Å². The average Bonchev–Trinajstić information content (AvgIpc) is 2.99. The normalized spacial score (nSPS) is 9.41. The number of aromatic amines is 1. The zero-order valence-electron chi connectivity index (χ0n) is 9.50. The second-order valence-electron chi connectivity index (χ2n) is 3.43. The molecule has 0 radical (unpaired) electrons. The smallest absolute Gasteiger partial charge is 0.303 e. The van der Waals surface area contributed by atoms with Crippen LogP contribution in [0.4, 0.5) is 0 Å². The van der Waals surface area contributed by atoms with E-state index >= 15 is 0 Å². The Kier molecular flexibility index (Phi) is 6.74. The zero-order chi connectivity index (χ0) is 12.3. The van der Waals surface area contributed by atoms with Crippen molar-refractivity contribution >= 4 is 17.3 Å². The molecule has 2 aromatic heterocycles. The number of carboxylic acids is 1. The van der Waals surface area contributed by atoms with Gasteiger partial charge in [-0.05, 0) is 23.6 Å². The lowest BCUT2D eigenvalue weighted by Gasteiger charge is -1.94. The van der Waals surface area contributed by atoms with Crippen molar-refractivity contribution in [2.45, 2.75) is 25.7 Å². The van der Waals surface area contributed by atoms with E-state index in [2.05, 4.69) is 9.97 Å². The molecule has 0 aliphatic heterocycles. The molecule has 0 aliphatic carbocycles. The van der Waals surface area contributed by atoms with E-state index in [1.807, 2.05) is 22.9 Å². The Bertz CT molecular complexity index is 367. The third-order valence-corrected chi connectivity index (χ3v) is 2.66. The maximum absolute atomic E-state index is 10.1. The standard InChI is InChI=1S/C8H12N2O2.C4H4S/c11-8(12)4-2-1-3-7-9-5-6-10-7;1-2-4-5-3-1/h5-6H,1-4H2,(H,9,10)(H,11,12);1-4H. The Hall–Kier alpha value is -1.62. The van der Waals surface area contributed by atoms with Gasteiger partial charge in [0.1, 0.15) is 5.82 Å². The van der Waals surface area contributed by atoms with Gasteiger partial charge in [0, 0.05) is 25.2 Å². The van der Waals surface area contributed by atoms with Crippen LogP contribution in [0.1, 0.15) is 25.1 Å². The number of aromatic nitrogens is 2. The quantitative estimate of drug-likeness (QED) is 0.804. The van der Waals surface area contributed by atoms with E-state index in [1.54, 1.807) is 23.7 Å². The predicted octanol–water partition coefficient (Wildman–Crippen LogP) is 2.96. The largest absolute Gasteiger partial charge is 0.481 e. The Morgan fingerprint density at radius 3 is 2.59 bits per heavy atom. The minimum atomic E-state index is -0.727. The van der Waals surface area contributed by atoms with E-state index < -0.39 is 5.97 Å². The maximum Gasteiger partial charge on any atom is 0.303 e. The van der Waals surface area contributed by atoms with Crippen molar-refractivity contribution in [3.05, 3.63) is 41.1 Å². The summed E-state index contributed by atoms with van der Waals surface area (Å²) in [6.07, 6.45) is 6.15. The van der Waals surface area contributed by atoms with E-state index in [0.29, 0.717) is 0 Å².